The lowest BCUT2D eigenvalue weighted by molar-refractivity contribution is -0.174. The third-order valence-corrected chi connectivity index (χ3v) is 9.36. The summed E-state index contributed by atoms with van der Waals surface area (Å²) in [5.74, 6) is 0.0817. The van der Waals surface area contributed by atoms with Gasteiger partial charge >= 0.3 is 0 Å². The number of amides is 1. The predicted octanol–water partition coefficient (Wildman–Crippen LogP) is 3.95. The van der Waals surface area contributed by atoms with Crippen molar-refractivity contribution in [2.45, 2.75) is 95.7 Å². The molecule has 32 heavy (non-hydrogen) atoms. The molecule has 8 rings (SSSR count). The Morgan fingerprint density at radius 2 is 1.62 bits per heavy atom. The highest BCUT2D eigenvalue weighted by Gasteiger charge is 2.59. The Balaban J connectivity index is 1.69. The Labute approximate surface area is 186 Å². The van der Waals surface area contributed by atoms with Gasteiger partial charge < -0.3 is 24.3 Å². The Kier molecular flexibility index (Phi) is 3.08. The van der Waals surface area contributed by atoms with Crippen molar-refractivity contribution in [3.05, 3.63) is 33.6 Å². The lowest BCUT2D eigenvalue weighted by Gasteiger charge is -2.38. The topological polar surface area (TPSA) is 68.4 Å². The van der Waals surface area contributed by atoms with Crippen molar-refractivity contribution in [1.29, 1.82) is 0 Å². The van der Waals surface area contributed by atoms with Crippen LogP contribution in [0, 0.1) is 0 Å². The second kappa shape index (κ2) is 5.42. The van der Waals surface area contributed by atoms with Crippen molar-refractivity contribution in [1.82, 2.24) is 14.5 Å². The van der Waals surface area contributed by atoms with Gasteiger partial charge in [-0.3, -0.25) is 4.79 Å². The van der Waals surface area contributed by atoms with Crippen molar-refractivity contribution < 1.29 is 14.6 Å². The van der Waals surface area contributed by atoms with Crippen LogP contribution in [-0.2, 0) is 42.7 Å². The third kappa shape index (κ3) is 1.77. The molecule has 1 saturated heterocycles. The van der Waals surface area contributed by atoms with Crippen LogP contribution in [0.3, 0.4) is 0 Å². The zero-order chi connectivity index (χ0) is 21.6. The molecule has 0 saturated carbocycles. The van der Waals surface area contributed by atoms with Crippen molar-refractivity contribution in [2.24, 2.45) is 0 Å². The van der Waals surface area contributed by atoms with E-state index >= 15 is 0 Å². The van der Waals surface area contributed by atoms with Crippen LogP contribution in [0.25, 0.3) is 21.8 Å². The van der Waals surface area contributed by atoms with Crippen LogP contribution in [0.2, 0.25) is 0 Å². The van der Waals surface area contributed by atoms with E-state index in [-0.39, 0.29) is 12.1 Å². The van der Waals surface area contributed by atoms with E-state index in [9.17, 15) is 9.90 Å². The number of hydrogen-bond donors (Lipinski definition) is 2. The maximum Gasteiger partial charge on any atom is 0.252 e. The summed E-state index contributed by atoms with van der Waals surface area (Å²) in [5.41, 5.74) is 8.10. The first-order valence-electron chi connectivity index (χ1n) is 12.4. The second-order valence-electron chi connectivity index (χ2n) is 11.0. The molecular weight excluding hydrogens is 402 g/mol. The number of benzene rings is 1. The molecule has 6 nitrogen and oxygen atoms in total. The van der Waals surface area contributed by atoms with Crippen LogP contribution in [0.4, 0.5) is 0 Å². The van der Waals surface area contributed by atoms with Gasteiger partial charge in [0.2, 0.25) is 0 Å². The third-order valence-electron chi connectivity index (χ3n) is 9.36. The number of aromatic nitrogens is 2. The molecule has 3 atom stereocenters. The summed E-state index contributed by atoms with van der Waals surface area (Å²) in [5, 5.41) is 17.4. The Morgan fingerprint density at radius 1 is 0.938 bits per heavy atom. The summed E-state index contributed by atoms with van der Waals surface area (Å²) in [4.78, 5) is 13.2. The molecule has 3 aromatic rings. The number of nitrogens with one attached hydrogen (secondary N) is 1. The number of nitrogens with zero attached hydrogens (tertiary/aromatic N) is 2. The van der Waals surface area contributed by atoms with E-state index in [0.717, 1.165) is 37.7 Å². The summed E-state index contributed by atoms with van der Waals surface area (Å²) < 4.78 is 11.7. The molecule has 3 aliphatic heterocycles. The highest BCUT2D eigenvalue weighted by Crippen LogP contribution is 2.57. The quantitative estimate of drug-likeness (QED) is 0.566. The van der Waals surface area contributed by atoms with Gasteiger partial charge in [0.1, 0.15) is 11.8 Å². The van der Waals surface area contributed by atoms with Crippen molar-refractivity contribution in [3.63, 3.8) is 0 Å². The lowest BCUT2D eigenvalue weighted by Crippen LogP contribution is -2.49. The molecule has 2 aromatic heterocycles. The minimum absolute atomic E-state index is 0.0817. The highest BCUT2D eigenvalue weighted by molar-refractivity contribution is 6.21. The molecule has 0 spiro atoms. The van der Waals surface area contributed by atoms with Crippen LogP contribution in [-0.4, -0.2) is 25.7 Å². The summed E-state index contributed by atoms with van der Waals surface area (Å²) in [7, 11) is 0. The summed E-state index contributed by atoms with van der Waals surface area (Å²) in [6.07, 6.45) is 9.10. The molecule has 6 heteroatoms. The van der Waals surface area contributed by atoms with Gasteiger partial charge in [-0.1, -0.05) is 0 Å². The number of fused-ring (bicyclic) bond motifs is 13. The average Bonchev–Trinajstić information content (AvgIpc) is 3.45. The van der Waals surface area contributed by atoms with E-state index in [2.05, 4.69) is 21.4 Å². The van der Waals surface area contributed by atoms with Gasteiger partial charge in [0.15, 0.2) is 5.72 Å². The molecule has 1 amide bonds. The average molecular weight is 432 g/mol. The van der Waals surface area contributed by atoms with Gasteiger partial charge in [0.05, 0.1) is 16.6 Å². The van der Waals surface area contributed by atoms with Crippen LogP contribution in [0.1, 0.15) is 90.6 Å². The molecule has 166 valence electrons. The van der Waals surface area contributed by atoms with Crippen LogP contribution < -0.4 is 5.32 Å². The van der Waals surface area contributed by atoms with Crippen molar-refractivity contribution in [2.75, 3.05) is 0 Å². The number of rotatable bonds is 0. The smallest absolute Gasteiger partial charge is 0.252 e. The molecule has 5 heterocycles. The van der Waals surface area contributed by atoms with Gasteiger partial charge in [0.25, 0.3) is 5.91 Å². The lowest BCUT2D eigenvalue weighted by atomic mass is 9.89. The number of carbonyl (C=O) groups excluding carboxylic acids is 1. The van der Waals surface area contributed by atoms with E-state index in [1.807, 2.05) is 6.92 Å². The Hall–Kier alpha value is -2.31. The number of ether oxygens (including phenoxy) is 1. The molecule has 2 aliphatic carbocycles. The van der Waals surface area contributed by atoms with E-state index in [1.165, 1.54) is 69.1 Å². The molecule has 0 radical (unpaired) electrons. The Bertz CT molecular complexity index is 1410. The molecular formula is C26H29N3O3. The molecule has 2 N–H and O–H groups in total. The largest absolute Gasteiger partial charge is 0.385 e. The van der Waals surface area contributed by atoms with E-state index in [0.29, 0.717) is 13.0 Å². The number of aliphatic hydroxyl groups is 1. The molecule has 5 aliphatic rings. The first kappa shape index (κ1) is 18.2. The fraction of sp³-hybridized carbons (Fsp3) is 0.577. The van der Waals surface area contributed by atoms with Gasteiger partial charge in [0, 0.05) is 35.1 Å². The van der Waals surface area contributed by atoms with Gasteiger partial charge in [-0.15, -0.1) is 0 Å². The minimum atomic E-state index is -0.974. The molecule has 1 fully saturated rings. The standard InChI is InChI=1S/C26H29N3O3/c1-25(31)11-18-28-16-9-5-3-7-13(16)20-21-15(12-27-24(21)30)19-14-8-4-6-10-17(14)29(23(19)22(20)28)26(25,2)32-18/h18,31H,3-12H2,1-2H3,(H,27,30)/t18-,25+,26+/m0/s1. The SMILES string of the molecule is C[C@@]12O[C@@H](C[C@@]1(C)O)n1c3c(c4c5c(c6c7c(n2c6c41)CCCC7)CNC5=O)CCCC3. The maximum absolute atomic E-state index is 13.2. The normalized spacial score (nSPS) is 32.3. The van der Waals surface area contributed by atoms with E-state index in [4.69, 9.17) is 4.74 Å². The van der Waals surface area contributed by atoms with Gasteiger partial charge in [-0.2, -0.15) is 0 Å². The minimum Gasteiger partial charge on any atom is -0.385 e. The number of hydrogen-bond acceptors (Lipinski definition) is 3. The van der Waals surface area contributed by atoms with Crippen LogP contribution in [0.5, 0.6) is 0 Å². The first-order valence-corrected chi connectivity index (χ1v) is 12.4. The number of carbonyl (C=O) groups is 1. The fourth-order valence-electron chi connectivity index (χ4n) is 7.82. The van der Waals surface area contributed by atoms with Gasteiger partial charge in [-0.05, 0) is 81.9 Å². The van der Waals surface area contributed by atoms with Gasteiger partial charge in [-0.25, -0.2) is 0 Å². The number of aryl methyl sites for hydroxylation is 2. The van der Waals surface area contributed by atoms with Crippen LogP contribution in [0.15, 0.2) is 0 Å². The predicted molar refractivity (Wildman–Crippen MR) is 121 cm³/mol. The fourth-order valence-corrected chi connectivity index (χ4v) is 7.82. The molecule has 0 unspecified atom stereocenters. The Morgan fingerprint density at radius 3 is 2.41 bits per heavy atom. The summed E-state index contributed by atoms with van der Waals surface area (Å²) in [6, 6.07) is 0. The second-order valence-corrected chi connectivity index (χ2v) is 11.0. The zero-order valence-corrected chi connectivity index (χ0v) is 18.8. The first-order chi connectivity index (χ1) is 15.4. The van der Waals surface area contributed by atoms with Crippen LogP contribution >= 0.6 is 0 Å². The highest BCUT2D eigenvalue weighted by atomic mass is 16.6. The summed E-state index contributed by atoms with van der Waals surface area (Å²) >= 11 is 0. The molecule has 2 bridgehead atoms. The summed E-state index contributed by atoms with van der Waals surface area (Å²) in [6.45, 7) is 4.64. The van der Waals surface area contributed by atoms with Crippen molar-refractivity contribution >= 4 is 27.7 Å². The van der Waals surface area contributed by atoms with Crippen molar-refractivity contribution in [3.8, 4) is 0 Å². The maximum atomic E-state index is 13.2. The monoisotopic (exact) mass is 431 g/mol. The van der Waals surface area contributed by atoms with E-state index < -0.39 is 11.3 Å². The molecule has 1 aromatic carbocycles. The van der Waals surface area contributed by atoms with E-state index in [1.54, 1.807) is 0 Å². The zero-order valence-electron chi connectivity index (χ0n) is 18.8.